The van der Waals surface area contributed by atoms with E-state index in [1.807, 2.05) is 13.8 Å². The van der Waals surface area contributed by atoms with Gasteiger partial charge >= 0.3 is 11.9 Å². The highest BCUT2D eigenvalue weighted by atomic mass is 16.6. The lowest BCUT2D eigenvalue weighted by Crippen LogP contribution is -2.32. The van der Waals surface area contributed by atoms with E-state index in [0.29, 0.717) is 19.3 Å². The Morgan fingerprint density at radius 2 is 1.22 bits per heavy atom. The fraction of sp³-hybridized carbons (Fsp3) is 0.895. The van der Waals surface area contributed by atoms with Crippen molar-refractivity contribution in [3.63, 3.8) is 0 Å². The molecule has 4 heteroatoms. The number of esters is 2. The van der Waals surface area contributed by atoms with Crippen molar-refractivity contribution in [3.8, 4) is 0 Å². The molecule has 0 aliphatic heterocycles. The van der Waals surface area contributed by atoms with Gasteiger partial charge in [-0.2, -0.15) is 0 Å². The Bertz CT molecular complexity index is 314. The Hall–Kier alpha value is -1.06. The van der Waals surface area contributed by atoms with Crippen molar-refractivity contribution >= 4 is 11.9 Å². The number of carbonyl (C=O) groups is 2. The molecule has 0 spiro atoms. The molecule has 0 saturated heterocycles. The third-order valence-electron chi connectivity index (χ3n) is 4.00. The van der Waals surface area contributed by atoms with Gasteiger partial charge in [-0.25, -0.2) is 0 Å². The fourth-order valence-electron chi connectivity index (χ4n) is 2.47. The standard InChI is InChI=1S/C19H36O4/c1-5-8-10-12-14-18(20)22-16(4)17(7-3)23-19(21)15-13-11-9-6-2/h16-17H,5-15H2,1-4H3. The molecule has 0 aliphatic rings. The highest BCUT2D eigenvalue weighted by molar-refractivity contribution is 5.70. The third kappa shape index (κ3) is 12.1. The van der Waals surface area contributed by atoms with Crippen molar-refractivity contribution in [1.29, 1.82) is 0 Å². The first kappa shape index (κ1) is 21.9. The van der Waals surface area contributed by atoms with Crippen molar-refractivity contribution in [1.82, 2.24) is 0 Å². The smallest absolute Gasteiger partial charge is 0.306 e. The van der Waals surface area contributed by atoms with Gasteiger partial charge in [0.2, 0.25) is 0 Å². The monoisotopic (exact) mass is 328 g/mol. The maximum absolute atomic E-state index is 11.8. The molecule has 23 heavy (non-hydrogen) atoms. The van der Waals surface area contributed by atoms with Gasteiger partial charge in [0.25, 0.3) is 0 Å². The van der Waals surface area contributed by atoms with Gasteiger partial charge in [-0.05, 0) is 26.2 Å². The molecule has 136 valence electrons. The van der Waals surface area contributed by atoms with E-state index in [2.05, 4.69) is 13.8 Å². The van der Waals surface area contributed by atoms with Gasteiger partial charge in [0.1, 0.15) is 12.2 Å². The molecule has 0 radical (unpaired) electrons. The molecule has 2 atom stereocenters. The predicted molar refractivity (Wildman–Crippen MR) is 93.2 cm³/mol. The first-order chi connectivity index (χ1) is 11.0. The summed E-state index contributed by atoms with van der Waals surface area (Å²) in [4.78, 5) is 23.7. The summed E-state index contributed by atoms with van der Waals surface area (Å²) in [5, 5.41) is 0. The molecule has 0 aromatic carbocycles. The van der Waals surface area contributed by atoms with E-state index in [9.17, 15) is 9.59 Å². The molecule has 0 rings (SSSR count). The Balaban J connectivity index is 4.02. The zero-order chi connectivity index (χ0) is 17.5. The number of hydrogen-bond acceptors (Lipinski definition) is 4. The molecule has 0 aliphatic carbocycles. The van der Waals surface area contributed by atoms with Crippen LogP contribution in [0.3, 0.4) is 0 Å². The van der Waals surface area contributed by atoms with E-state index in [1.54, 1.807) is 0 Å². The lowest BCUT2D eigenvalue weighted by Gasteiger charge is -2.23. The molecule has 0 saturated carbocycles. The lowest BCUT2D eigenvalue weighted by atomic mass is 10.1. The summed E-state index contributed by atoms with van der Waals surface area (Å²) in [6.07, 6.45) is 9.30. The van der Waals surface area contributed by atoms with Crippen LogP contribution in [-0.4, -0.2) is 24.1 Å². The number of unbranched alkanes of at least 4 members (excludes halogenated alkanes) is 6. The second-order valence-electron chi connectivity index (χ2n) is 6.25. The molecule has 0 aromatic rings. The van der Waals surface area contributed by atoms with Gasteiger partial charge in [-0.1, -0.05) is 59.3 Å². The first-order valence-electron chi connectivity index (χ1n) is 9.44. The molecule has 4 nitrogen and oxygen atoms in total. The summed E-state index contributed by atoms with van der Waals surface area (Å²) in [5.41, 5.74) is 0. The quantitative estimate of drug-likeness (QED) is 0.325. The Morgan fingerprint density at radius 1 is 0.739 bits per heavy atom. The van der Waals surface area contributed by atoms with E-state index < -0.39 is 0 Å². The van der Waals surface area contributed by atoms with Gasteiger partial charge in [-0.15, -0.1) is 0 Å². The van der Waals surface area contributed by atoms with E-state index in [1.165, 1.54) is 0 Å². The van der Waals surface area contributed by atoms with Crippen LogP contribution in [0.15, 0.2) is 0 Å². The van der Waals surface area contributed by atoms with Gasteiger partial charge in [0.05, 0.1) is 0 Å². The topological polar surface area (TPSA) is 52.6 Å². The number of hydrogen-bond donors (Lipinski definition) is 0. The summed E-state index contributed by atoms with van der Waals surface area (Å²) in [6.45, 7) is 8.04. The normalized spacial score (nSPS) is 13.4. The van der Waals surface area contributed by atoms with E-state index >= 15 is 0 Å². The van der Waals surface area contributed by atoms with Crippen LogP contribution >= 0.6 is 0 Å². The maximum Gasteiger partial charge on any atom is 0.306 e. The number of rotatable bonds is 14. The van der Waals surface area contributed by atoms with Gasteiger partial charge in [0.15, 0.2) is 0 Å². The molecule has 0 fully saturated rings. The van der Waals surface area contributed by atoms with Gasteiger partial charge in [0, 0.05) is 12.8 Å². The Kier molecular flexibility index (Phi) is 13.9. The predicted octanol–water partition coefficient (Wildman–Crippen LogP) is 5.18. The summed E-state index contributed by atoms with van der Waals surface area (Å²) >= 11 is 0. The SMILES string of the molecule is CCCCCCC(=O)OC(C)C(CC)OC(=O)CCCCCC. The molecule has 0 heterocycles. The van der Waals surface area contributed by atoms with Crippen LogP contribution in [0.5, 0.6) is 0 Å². The zero-order valence-corrected chi connectivity index (χ0v) is 15.6. The summed E-state index contributed by atoms with van der Waals surface area (Å²) < 4.78 is 10.9. The van der Waals surface area contributed by atoms with Crippen LogP contribution in [-0.2, 0) is 19.1 Å². The average molecular weight is 328 g/mol. The highest BCUT2D eigenvalue weighted by Gasteiger charge is 2.23. The van der Waals surface area contributed by atoms with Crippen molar-refractivity contribution in [2.24, 2.45) is 0 Å². The lowest BCUT2D eigenvalue weighted by molar-refractivity contribution is -0.167. The molecule has 0 aromatic heterocycles. The van der Waals surface area contributed by atoms with Crippen molar-refractivity contribution in [2.45, 2.75) is 111 Å². The van der Waals surface area contributed by atoms with Crippen LogP contribution in [0.1, 0.15) is 98.3 Å². The third-order valence-corrected chi connectivity index (χ3v) is 4.00. The van der Waals surface area contributed by atoms with Gasteiger partial charge in [-0.3, -0.25) is 9.59 Å². The van der Waals surface area contributed by atoms with E-state index in [0.717, 1.165) is 51.4 Å². The molecular weight excluding hydrogens is 292 g/mol. The van der Waals surface area contributed by atoms with E-state index in [-0.39, 0.29) is 24.1 Å². The molecular formula is C19H36O4. The van der Waals surface area contributed by atoms with Crippen molar-refractivity contribution in [2.75, 3.05) is 0 Å². The second-order valence-corrected chi connectivity index (χ2v) is 6.25. The van der Waals surface area contributed by atoms with Crippen LogP contribution in [0.4, 0.5) is 0 Å². The fourth-order valence-corrected chi connectivity index (χ4v) is 2.47. The zero-order valence-electron chi connectivity index (χ0n) is 15.6. The molecule has 0 amide bonds. The number of ether oxygens (including phenoxy) is 2. The van der Waals surface area contributed by atoms with Crippen LogP contribution in [0.2, 0.25) is 0 Å². The summed E-state index contributed by atoms with van der Waals surface area (Å²) in [6, 6.07) is 0. The highest BCUT2D eigenvalue weighted by Crippen LogP contribution is 2.13. The summed E-state index contributed by atoms with van der Waals surface area (Å²) in [7, 11) is 0. The largest absolute Gasteiger partial charge is 0.459 e. The minimum absolute atomic E-state index is 0.182. The summed E-state index contributed by atoms with van der Waals surface area (Å²) in [5.74, 6) is -0.371. The van der Waals surface area contributed by atoms with E-state index in [4.69, 9.17) is 9.47 Å². The van der Waals surface area contributed by atoms with Crippen molar-refractivity contribution in [3.05, 3.63) is 0 Å². The average Bonchev–Trinajstić information content (AvgIpc) is 2.53. The van der Waals surface area contributed by atoms with Crippen LogP contribution in [0, 0.1) is 0 Å². The molecule has 0 bridgehead atoms. The maximum atomic E-state index is 11.8. The minimum Gasteiger partial charge on any atom is -0.459 e. The Morgan fingerprint density at radius 3 is 1.65 bits per heavy atom. The van der Waals surface area contributed by atoms with Crippen LogP contribution in [0.25, 0.3) is 0 Å². The number of carbonyl (C=O) groups excluding carboxylic acids is 2. The Labute approximate surface area is 142 Å². The second kappa shape index (κ2) is 14.5. The van der Waals surface area contributed by atoms with Gasteiger partial charge < -0.3 is 9.47 Å². The molecule has 0 N–H and O–H groups in total. The first-order valence-corrected chi connectivity index (χ1v) is 9.44. The molecule has 2 unspecified atom stereocenters. The van der Waals surface area contributed by atoms with Crippen molar-refractivity contribution < 1.29 is 19.1 Å². The minimum atomic E-state index is -0.377. The van der Waals surface area contributed by atoms with Crippen LogP contribution < -0.4 is 0 Å².